The van der Waals surface area contributed by atoms with Gasteiger partial charge in [-0.15, -0.1) is 0 Å². The molecule has 0 aromatic heterocycles. The van der Waals surface area contributed by atoms with Gasteiger partial charge in [0.25, 0.3) is 0 Å². The van der Waals surface area contributed by atoms with Gasteiger partial charge in [0, 0.05) is 17.7 Å². The van der Waals surface area contributed by atoms with Gasteiger partial charge in [-0.25, -0.2) is 0 Å². The normalized spacial score (nSPS) is 20.1. The van der Waals surface area contributed by atoms with Crippen LogP contribution in [0.3, 0.4) is 0 Å². The summed E-state index contributed by atoms with van der Waals surface area (Å²) >= 11 is 0. The van der Waals surface area contributed by atoms with E-state index in [1.807, 2.05) is 54.6 Å². The highest BCUT2D eigenvalue weighted by Gasteiger charge is 2.36. The molecule has 1 heterocycles. The number of carbonyl (C=O) groups excluding carboxylic acids is 1. The fourth-order valence-electron chi connectivity index (χ4n) is 4.54. The van der Waals surface area contributed by atoms with Crippen molar-refractivity contribution in [2.45, 2.75) is 24.8 Å². The highest BCUT2D eigenvalue weighted by atomic mass is 16.5. The number of allylic oxidation sites excluding steroid dienone is 1. The average Bonchev–Trinajstić information content (AvgIpc) is 2.96. The number of fused-ring (bicyclic) bond motifs is 1. The van der Waals surface area contributed by atoms with Gasteiger partial charge in [0.2, 0.25) is 0 Å². The number of aromatic hydroxyl groups is 1. The Bertz CT molecular complexity index is 1170. The molecule has 5 nitrogen and oxygen atoms in total. The quantitative estimate of drug-likeness (QED) is 0.539. The molecule has 2 unspecified atom stereocenters. The predicted molar refractivity (Wildman–Crippen MR) is 122 cm³/mol. The molecule has 0 spiro atoms. The molecule has 3 N–H and O–H groups in total. The summed E-state index contributed by atoms with van der Waals surface area (Å²) in [5, 5.41) is 16.8. The highest BCUT2D eigenvalue weighted by molar-refractivity contribution is 6.01. The third-order valence-electron chi connectivity index (χ3n) is 6.10. The lowest BCUT2D eigenvalue weighted by Crippen LogP contribution is -2.26. The number of Topliss-reactive ketones (excluding diaryl/α,β-unsaturated/α-hetero) is 1. The van der Waals surface area contributed by atoms with Gasteiger partial charge in [0.05, 0.1) is 24.5 Å². The monoisotopic (exact) mass is 412 g/mol. The number of hydrogen-bond acceptors (Lipinski definition) is 5. The van der Waals surface area contributed by atoms with E-state index in [2.05, 4.69) is 16.7 Å². The molecule has 0 amide bonds. The van der Waals surface area contributed by atoms with Gasteiger partial charge in [-0.2, -0.15) is 0 Å². The van der Waals surface area contributed by atoms with Crippen LogP contribution in [0, 0.1) is 0 Å². The summed E-state index contributed by atoms with van der Waals surface area (Å²) in [5.41, 5.74) is 5.65. The van der Waals surface area contributed by atoms with E-state index in [9.17, 15) is 9.90 Å². The fourth-order valence-corrected chi connectivity index (χ4v) is 4.54. The SMILES string of the molecule is COc1cccc(C2CC(=O)C3=C(C2)Nc2ccccc2NC3c2ccc(O)cc2)c1. The van der Waals surface area contributed by atoms with Gasteiger partial charge in [0.1, 0.15) is 11.5 Å². The Kier molecular flexibility index (Phi) is 4.86. The van der Waals surface area contributed by atoms with Crippen LogP contribution in [-0.4, -0.2) is 18.0 Å². The van der Waals surface area contributed by atoms with Crippen LogP contribution in [0.1, 0.15) is 35.9 Å². The molecule has 0 saturated heterocycles. The first kappa shape index (κ1) is 19.2. The summed E-state index contributed by atoms with van der Waals surface area (Å²) in [6, 6.07) is 22.7. The fraction of sp³-hybridized carbons (Fsp3) is 0.192. The number of ether oxygens (including phenoxy) is 1. The van der Waals surface area contributed by atoms with Crippen molar-refractivity contribution in [1.82, 2.24) is 0 Å². The minimum Gasteiger partial charge on any atom is -0.508 e. The van der Waals surface area contributed by atoms with Gasteiger partial charge in [0.15, 0.2) is 5.78 Å². The number of para-hydroxylation sites is 2. The molecule has 2 atom stereocenters. The van der Waals surface area contributed by atoms with Gasteiger partial charge in [-0.1, -0.05) is 36.4 Å². The lowest BCUT2D eigenvalue weighted by molar-refractivity contribution is -0.116. The molecule has 1 aliphatic carbocycles. The Labute approximate surface area is 181 Å². The van der Waals surface area contributed by atoms with Crippen LogP contribution in [0.15, 0.2) is 84.1 Å². The number of rotatable bonds is 3. The molecule has 5 heteroatoms. The Morgan fingerprint density at radius 2 is 1.68 bits per heavy atom. The van der Waals surface area contributed by atoms with Crippen molar-refractivity contribution in [3.63, 3.8) is 0 Å². The first-order chi connectivity index (χ1) is 15.1. The number of phenolic OH excluding ortho intramolecular Hbond substituents is 1. The molecule has 2 aliphatic rings. The molecule has 3 aromatic carbocycles. The standard InChI is InChI=1S/C26H24N2O3/c1-31-20-6-4-5-17(13-20)18-14-23-25(24(30)15-18)26(16-9-11-19(29)12-10-16)28-22-8-3-2-7-21(22)27-23/h2-13,18,26-29H,14-15H2,1H3. The van der Waals surface area contributed by atoms with E-state index in [4.69, 9.17) is 4.74 Å². The largest absolute Gasteiger partial charge is 0.508 e. The van der Waals surface area contributed by atoms with E-state index >= 15 is 0 Å². The molecular formula is C26H24N2O3. The summed E-state index contributed by atoms with van der Waals surface area (Å²) in [7, 11) is 1.66. The summed E-state index contributed by atoms with van der Waals surface area (Å²) in [6.45, 7) is 0. The first-order valence-electron chi connectivity index (χ1n) is 10.4. The molecule has 1 aliphatic heterocycles. The number of hydrogen-bond donors (Lipinski definition) is 3. The topological polar surface area (TPSA) is 70.6 Å². The third-order valence-corrected chi connectivity index (χ3v) is 6.10. The van der Waals surface area contributed by atoms with E-state index in [0.717, 1.165) is 45.9 Å². The summed E-state index contributed by atoms with van der Waals surface area (Å²) < 4.78 is 5.39. The minimum absolute atomic E-state index is 0.0829. The summed E-state index contributed by atoms with van der Waals surface area (Å²) in [5.74, 6) is 1.21. The number of methoxy groups -OCH3 is 1. The molecule has 0 bridgehead atoms. The molecule has 0 radical (unpaired) electrons. The van der Waals surface area contributed by atoms with Crippen molar-refractivity contribution < 1.29 is 14.6 Å². The lowest BCUT2D eigenvalue weighted by Gasteiger charge is -2.30. The molecule has 0 fully saturated rings. The molecule has 156 valence electrons. The zero-order chi connectivity index (χ0) is 21.4. The molecule has 5 rings (SSSR count). The Morgan fingerprint density at radius 1 is 0.903 bits per heavy atom. The highest BCUT2D eigenvalue weighted by Crippen LogP contribution is 2.44. The lowest BCUT2D eigenvalue weighted by atomic mass is 9.78. The van der Waals surface area contributed by atoms with Crippen LogP contribution in [0.5, 0.6) is 11.5 Å². The van der Waals surface area contributed by atoms with Crippen molar-refractivity contribution in [3.05, 3.63) is 95.2 Å². The van der Waals surface area contributed by atoms with Crippen LogP contribution < -0.4 is 15.4 Å². The Balaban J connectivity index is 1.59. The Morgan fingerprint density at radius 3 is 2.45 bits per heavy atom. The minimum atomic E-state index is -0.287. The van der Waals surface area contributed by atoms with Crippen LogP contribution in [0.2, 0.25) is 0 Å². The number of nitrogens with one attached hydrogen (secondary N) is 2. The zero-order valence-electron chi connectivity index (χ0n) is 17.3. The van der Waals surface area contributed by atoms with Gasteiger partial charge in [-0.05, 0) is 59.9 Å². The number of ketones is 1. The maximum absolute atomic E-state index is 13.5. The second-order valence-corrected chi connectivity index (χ2v) is 8.04. The van der Waals surface area contributed by atoms with E-state index in [0.29, 0.717) is 6.42 Å². The van der Waals surface area contributed by atoms with E-state index in [-0.39, 0.29) is 23.5 Å². The van der Waals surface area contributed by atoms with Crippen molar-refractivity contribution in [1.29, 1.82) is 0 Å². The van der Waals surface area contributed by atoms with Crippen LogP contribution in [0.4, 0.5) is 11.4 Å². The molecule has 0 saturated carbocycles. The predicted octanol–water partition coefficient (Wildman–Crippen LogP) is 5.38. The molecule has 31 heavy (non-hydrogen) atoms. The van der Waals surface area contributed by atoms with Crippen molar-refractivity contribution in [2.75, 3.05) is 17.7 Å². The van der Waals surface area contributed by atoms with Crippen LogP contribution in [-0.2, 0) is 4.79 Å². The third kappa shape index (κ3) is 3.63. The number of phenols is 1. The summed E-state index contributed by atoms with van der Waals surface area (Å²) in [6.07, 6.45) is 1.18. The molecule has 3 aromatic rings. The zero-order valence-corrected chi connectivity index (χ0v) is 17.3. The molecular weight excluding hydrogens is 388 g/mol. The summed E-state index contributed by atoms with van der Waals surface area (Å²) in [4.78, 5) is 13.5. The van der Waals surface area contributed by atoms with Crippen LogP contribution in [0.25, 0.3) is 0 Å². The second kappa shape index (κ2) is 7.84. The average molecular weight is 412 g/mol. The van der Waals surface area contributed by atoms with Crippen molar-refractivity contribution >= 4 is 17.2 Å². The van der Waals surface area contributed by atoms with Crippen LogP contribution >= 0.6 is 0 Å². The maximum Gasteiger partial charge on any atom is 0.163 e. The maximum atomic E-state index is 13.5. The van der Waals surface area contributed by atoms with E-state index in [1.165, 1.54) is 0 Å². The van der Waals surface area contributed by atoms with E-state index in [1.54, 1.807) is 19.2 Å². The second-order valence-electron chi connectivity index (χ2n) is 8.04. The smallest absolute Gasteiger partial charge is 0.163 e. The van der Waals surface area contributed by atoms with E-state index < -0.39 is 0 Å². The van der Waals surface area contributed by atoms with Gasteiger partial charge < -0.3 is 20.5 Å². The van der Waals surface area contributed by atoms with Crippen molar-refractivity contribution in [3.8, 4) is 11.5 Å². The van der Waals surface area contributed by atoms with Gasteiger partial charge >= 0.3 is 0 Å². The van der Waals surface area contributed by atoms with Crippen molar-refractivity contribution in [2.24, 2.45) is 0 Å². The first-order valence-corrected chi connectivity index (χ1v) is 10.4. The number of carbonyl (C=O) groups is 1. The number of anilines is 2. The van der Waals surface area contributed by atoms with Gasteiger partial charge in [-0.3, -0.25) is 4.79 Å². The number of benzene rings is 3. The Hall–Kier alpha value is -3.73.